The lowest BCUT2D eigenvalue weighted by Gasteiger charge is -2.47. The molecule has 0 spiro atoms. The Balaban J connectivity index is 1.50. The molecule has 246 valence electrons. The predicted molar refractivity (Wildman–Crippen MR) is 189 cm³/mol. The van der Waals surface area contributed by atoms with E-state index < -0.39 is 30.0 Å². The fourth-order valence-corrected chi connectivity index (χ4v) is 11.2. The van der Waals surface area contributed by atoms with E-state index in [0.29, 0.717) is 11.3 Å². The zero-order chi connectivity index (χ0) is 34.4. The van der Waals surface area contributed by atoms with Crippen molar-refractivity contribution in [1.82, 2.24) is 4.90 Å². The topological polar surface area (TPSA) is 116 Å². The van der Waals surface area contributed by atoms with E-state index in [1.54, 1.807) is 49.6 Å². The van der Waals surface area contributed by atoms with E-state index >= 15 is 0 Å². The van der Waals surface area contributed by atoms with Crippen LogP contribution in [-0.4, -0.2) is 46.4 Å². The molecular weight excluding hydrogens is 639 g/mol. The number of nitrogens with zero attached hydrogens (tertiary/aromatic N) is 2. The molecule has 1 aliphatic rings. The molecule has 0 aliphatic carbocycles. The second-order valence-corrected chi connectivity index (χ2v) is 15.1. The van der Waals surface area contributed by atoms with Crippen LogP contribution in [-0.2, 0) is 20.9 Å². The standard InChI is InChI=1S/C39H34N2O7P/c1-47-31-23-21-28(22-24-31)36(42)25-30-26-37(43)40(30)38(39(44)48-27-29-13-11-12-20-35(29)41(45)46)49(32-14-5-2-6-15-32,33-16-7-3-8-17-33)34-18-9-4-10-19-34/h2-24,30,38H,25-27H2,1H3/q+1. The van der Waals surface area contributed by atoms with Gasteiger partial charge in [-0.3, -0.25) is 24.6 Å². The lowest BCUT2D eigenvalue weighted by molar-refractivity contribution is -0.385. The maximum Gasteiger partial charge on any atom is 0.370 e. The molecule has 9 nitrogen and oxygen atoms in total. The molecule has 49 heavy (non-hydrogen) atoms. The number of hydrogen-bond donors (Lipinski definition) is 0. The maximum atomic E-state index is 14.9. The van der Waals surface area contributed by atoms with Gasteiger partial charge in [-0.25, -0.2) is 4.79 Å². The molecule has 6 rings (SSSR count). The number of esters is 1. The van der Waals surface area contributed by atoms with Gasteiger partial charge < -0.3 is 9.47 Å². The van der Waals surface area contributed by atoms with Gasteiger partial charge >= 0.3 is 5.97 Å². The number of Topliss-reactive ketones (excluding diaryl/α,β-unsaturated/α-hetero) is 1. The number of methoxy groups -OCH3 is 1. The van der Waals surface area contributed by atoms with E-state index in [4.69, 9.17) is 9.47 Å². The van der Waals surface area contributed by atoms with Gasteiger partial charge in [-0.1, -0.05) is 66.7 Å². The molecule has 1 fully saturated rings. The number of rotatable bonds is 13. The monoisotopic (exact) mass is 673 g/mol. The SMILES string of the molecule is COc1ccc(C(=O)CC2CC(=O)N2C(C(=O)OCc2ccccc2[N+](=O)[O-])[P+](c2ccccc2)(c2ccccc2)c2ccccc2)cc1. The van der Waals surface area contributed by atoms with Gasteiger partial charge in [0.1, 0.15) is 35.5 Å². The number of carbonyl (C=O) groups is 3. The summed E-state index contributed by atoms with van der Waals surface area (Å²) in [5, 5.41) is 14.3. The summed E-state index contributed by atoms with van der Waals surface area (Å²) in [5.74, 6) is -1.75. The Hall–Kier alpha value is -5.66. The molecule has 2 atom stereocenters. The van der Waals surface area contributed by atoms with Gasteiger partial charge in [-0.15, -0.1) is 0 Å². The molecule has 5 aromatic rings. The van der Waals surface area contributed by atoms with Crippen molar-refractivity contribution in [3.05, 3.63) is 161 Å². The van der Waals surface area contributed by atoms with Crippen molar-refractivity contribution in [1.29, 1.82) is 0 Å². The molecule has 1 heterocycles. The van der Waals surface area contributed by atoms with Crippen molar-refractivity contribution in [3.8, 4) is 5.75 Å². The van der Waals surface area contributed by atoms with E-state index in [-0.39, 0.29) is 42.4 Å². The molecule has 0 aromatic heterocycles. The minimum Gasteiger partial charge on any atom is -0.497 e. The Morgan fingerprint density at radius 2 is 1.31 bits per heavy atom. The van der Waals surface area contributed by atoms with Crippen molar-refractivity contribution in [2.24, 2.45) is 0 Å². The summed E-state index contributed by atoms with van der Waals surface area (Å²) >= 11 is 0. The molecule has 2 unspecified atom stereocenters. The number of amides is 1. The third-order valence-electron chi connectivity index (χ3n) is 8.81. The van der Waals surface area contributed by atoms with Crippen LogP contribution in [0.2, 0.25) is 0 Å². The number of hydrogen-bond acceptors (Lipinski definition) is 7. The summed E-state index contributed by atoms with van der Waals surface area (Å²) in [6.07, 6.45) is 0.0680. The van der Waals surface area contributed by atoms with Crippen LogP contribution in [0.1, 0.15) is 28.8 Å². The Kier molecular flexibility index (Phi) is 9.92. The van der Waals surface area contributed by atoms with Gasteiger partial charge in [0.2, 0.25) is 5.91 Å². The fourth-order valence-electron chi connectivity index (χ4n) is 6.46. The minimum absolute atomic E-state index is 0.00955. The highest BCUT2D eigenvalue weighted by Gasteiger charge is 2.63. The quantitative estimate of drug-likeness (QED) is 0.0385. The number of ketones is 1. The third-order valence-corrected chi connectivity index (χ3v) is 13.3. The van der Waals surface area contributed by atoms with Crippen LogP contribution in [0.4, 0.5) is 5.69 Å². The van der Waals surface area contributed by atoms with Gasteiger partial charge in [0.05, 0.1) is 23.6 Å². The Labute approximate surface area is 284 Å². The summed E-state index contributed by atoms with van der Waals surface area (Å²) < 4.78 is 11.3. The second-order valence-electron chi connectivity index (χ2n) is 11.6. The summed E-state index contributed by atoms with van der Waals surface area (Å²) in [5.41, 5.74) is 0.514. The van der Waals surface area contributed by atoms with E-state index in [1.807, 2.05) is 91.0 Å². The van der Waals surface area contributed by atoms with Crippen molar-refractivity contribution in [2.75, 3.05) is 7.11 Å². The van der Waals surface area contributed by atoms with E-state index in [1.165, 1.54) is 11.0 Å². The number of nitro groups is 1. The first kappa shape index (κ1) is 33.2. The van der Waals surface area contributed by atoms with Crippen LogP contribution >= 0.6 is 7.26 Å². The number of carbonyl (C=O) groups excluding carboxylic acids is 3. The highest BCUT2D eigenvalue weighted by molar-refractivity contribution is 7.96. The Morgan fingerprint density at radius 3 is 1.80 bits per heavy atom. The number of para-hydroxylation sites is 1. The van der Waals surface area contributed by atoms with Crippen molar-refractivity contribution < 1.29 is 28.8 Å². The molecule has 0 bridgehead atoms. The second kappa shape index (κ2) is 14.6. The first-order chi connectivity index (χ1) is 23.8. The fraction of sp³-hybridized carbons (Fsp3) is 0.154. The van der Waals surface area contributed by atoms with Gasteiger partial charge in [0.15, 0.2) is 5.78 Å². The lowest BCUT2D eigenvalue weighted by atomic mass is 9.93. The first-order valence-corrected chi connectivity index (χ1v) is 17.6. The van der Waals surface area contributed by atoms with E-state index in [9.17, 15) is 24.5 Å². The van der Waals surface area contributed by atoms with E-state index in [2.05, 4.69) is 0 Å². The third kappa shape index (κ3) is 6.58. The summed E-state index contributed by atoms with van der Waals surface area (Å²) in [7, 11) is -1.58. The number of benzene rings is 5. The number of ether oxygens (including phenoxy) is 2. The van der Waals surface area contributed by atoms with Crippen LogP contribution in [0, 0.1) is 10.1 Å². The molecule has 1 aliphatic heterocycles. The van der Waals surface area contributed by atoms with Crippen molar-refractivity contribution >= 4 is 46.5 Å². The summed E-state index contributed by atoms with van der Waals surface area (Å²) in [4.78, 5) is 55.2. The predicted octanol–water partition coefficient (Wildman–Crippen LogP) is 5.84. The highest BCUT2D eigenvalue weighted by Crippen LogP contribution is 2.62. The average Bonchev–Trinajstić information content (AvgIpc) is 3.15. The van der Waals surface area contributed by atoms with Crippen molar-refractivity contribution in [3.63, 3.8) is 0 Å². The largest absolute Gasteiger partial charge is 0.497 e. The van der Waals surface area contributed by atoms with Crippen LogP contribution in [0.5, 0.6) is 5.75 Å². The molecule has 5 aromatic carbocycles. The smallest absolute Gasteiger partial charge is 0.370 e. The zero-order valence-electron chi connectivity index (χ0n) is 26.8. The van der Waals surface area contributed by atoms with Crippen LogP contribution in [0.15, 0.2) is 140 Å². The lowest BCUT2D eigenvalue weighted by Crippen LogP contribution is -2.64. The number of likely N-dealkylation sites (tertiary alicyclic amines) is 1. The van der Waals surface area contributed by atoms with Gasteiger partial charge in [-0.2, -0.15) is 0 Å². The van der Waals surface area contributed by atoms with Crippen LogP contribution in [0.3, 0.4) is 0 Å². The molecular formula is C39H34N2O7P+. The van der Waals surface area contributed by atoms with Crippen molar-refractivity contribution in [2.45, 2.75) is 31.3 Å². The average molecular weight is 674 g/mol. The summed E-state index contributed by atoms with van der Waals surface area (Å²) in [6.45, 7) is -0.373. The molecule has 0 saturated carbocycles. The van der Waals surface area contributed by atoms with Gasteiger partial charge in [0, 0.05) is 24.5 Å². The van der Waals surface area contributed by atoms with Gasteiger partial charge in [-0.05, 0) is 66.7 Å². The first-order valence-electron chi connectivity index (χ1n) is 15.8. The molecule has 10 heteroatoms. The van der Waals surface area contributed by atoms with Crippen LogP contribution in [0.25, 0.3) is 0 Å². The molecule has 0 N–H and O–H groups in total. The van der Waals surface area contributed by atoms with Crippen LogP contribution < -0.4 is 20.7 Å². The molecule has 0 radical (unpaired) electrons. The van der Waals surface area contributed by atoms with E-state index in [0.717, 1.165) is 15.9 Å². The zero-order valence-corrected chi connectivity index (χ0v) is 27.6. The molecule has 1 saturated heterocycles. The Morgan fingerprint density at radius 1 is 0.796 bits per heavy atom. The summed E-state index contributed by atoms with van der Waals surface area (Å²) in [6, 6.07) is 41.1. The van der Waals surface area contributed by atoms with Gasteiger partial charge in [0.25, 0.3) is 11.5 Å². The number of β-lactam (4-membered cyclic amide) rings is 1. The minimum atomic E-state index is -3.13. The molecule has 1 amide bonds. The highest BCUT2D eigenvalue weighted by atomic mass is 31.2. The normalized spacial score (nSPS) is 14.8. The number of nitro benzene ring substituents is 1. The Bertz CT molecular complexity index is 1860. The maximum absolute atomic E-state index is 14.9.